The van der Waals surface area contributed by atoms with E-state index in [0.717, 1.165) is 0 Å². The summed E-state index contributed by atoms with van der Waals surface area (Å²) in [4.78, 5) is 4.94. The molecule has 0 heterocycles. The van der Waals surface area contributed by atoms with Crippen molar-refractivity contribution in [2.45, 2.75) is 19.5 Å². The van der Waals surface area contributed by atoms with Crippen LogP contribution in [-0.4, -0.2) is 6.21 Å². The van der Waals surface area contributed by atoms with E-state index in [2.05, 4.69) is 11.4 Å². The lowest BCUT2D eigenvalue weighted by molar-refractivity contribution is 0.131. The van der Waals surface area contributed by atoms with Gasteiger partial charge in [-0.15, -0.1) is 0 Å². The van der Waals surface area contributed by atoms with Crippen molar-refractivity contribution in [3.63, 3.8) is 0 Å². The Morgan fingerprint density at radius 2 is 1.59 bits per heavy atom. The van der Waals surface area contributed by atoms with Crippen LogP contribution in [0.3, 0.4) is 0 Å². The molecule has 0 aromatic heterocycles. The number of nitrogens with zero attached hydrogens (tertiary/aromatic N) is 1. The van der Waals surface area contributed by atoms with Crippen LogP contribution in [0.5, 0.6) is 0 Å². The largest absolute Gasteiger partial charge is 0.390 e. The van der Waals surface area contributed by atoms with E-state index in [9.17, 15) is 17.6 Å². The van der Waals surface area contributed by atoms with E-state index in [4.69, 9.17) is 4.84 Å². The first-order chi connectivity index (χ1) is 10.6. The summed E-state index contributed by atoms with van der Waals surface area (Å²) in [5.41, 5.74) is 0.517. The summed E-state index contributed by atoms with van der Waals surface area (Å²) in [6.07, 6.45) is -2.75. The summed E-state index contributed by atoms with van der Waals surface area (Å²) in [5.74, 6) is 0. The third-order valence-electron chi connectivity index (χ3n) is 2.89. The Labute approximate surface area is 125 Å². The molecule has 2 aromatic rings. The van der Waals surface area contributed by atoms with Crippen LogP contribution in [0, 0.1) is 0 Å². The first-order valence-corrected chi connectivity index (χ1v) is 6.40. The first-order valence-electron chi connectivity index (χ1n) is 6.40. The van der Waals surface area contributed by atoms with Gasteiger partial charge in [-0.2, -0.15) is 0 Å². The predicted molar refractivity (Wildman–Crippen MR) is 74.1 cm³/mol. The second-order valence-electron chi connectivity index (χ2n) is 4.41. The summed E-state index contributed by atoms with van der Waals surface area (Å²) in [6.45, 7) is 0.0351. The van der Waals surface area contributed by atoms with Crippen molar-refractivity contribution < 1.29 is 22.4 Å². The van der Waals surface area contributed by atoms with Gasteiger partial charge < -0.3 is 4.84 Å². The van der Waals surface area contributed by atoms with Gasteiger partial charge in [0.2, 0.25) is 0 Å². The number of hydrogen-bond donors (Lipinski definition) is 0. The van der Waals surface area contributed by atoms with Gasteiger partial charge in [0, 0.05) is 16.7 Å². The standard InChI is InChI=1S/C16H12F4NO/c17-15(18)12-7-5-11(6-8-12)10-22-21-9-13-3-1-2-4-14(13)16(19)20/h1-8,15-16H,10H2. The van der Waals surface area contributed by atoms with Crippen LogP contribution < -0.4 is 0 Å². The van der Waals surface area contributed by atoms with E-state index in [-0.39, 0.29) is 23.3 Å². The summed E-state index contributed by atoms with van der Waals surface area (Å²) >= 11 is 0. The minimum Gasteiger partial charge on any atom is -0.390 e. The number of halogens is 4. The Bertz CT molecular complexity index is 626. The first kappa shape index (κ1) is 16.0. The van der Waals surface area contributed by atoms with Gasteiger partial charge in [0.05, 0.1) is 0 Å². The Hall–Kier alpha value is -2.37. The minimum atomic E-state index is -2.62. The molecule has 0 saturated heterocycles. The van der Waals surface area contributed by atoms with Gasteiger partial charge in [0.1, 0.15) is 12.8 Å². The summed E-state index contributed by atoms with van der Waals surface area (Å²) < 4.78 is 50.2. The number of rotatable bonds is 6. The average Bonchev–Trinajstić information content (AvgIpc) is 2.52. The average molecular weight is 310 g/mol. The second-order valence-corrected chi connectivity index (χ2v) is 4.41. The highest BCUT2D eigenvalue weighted by molar-refractivity contribution is 5.81. The van der Waals surface area contributed by atoms with E-state index in [1.54, 1.807) is 6.07 Å². The van der Waals surface area contributed by atoms with Gasteiger partial charge >= 0.3 is 0 Å². The molecule has 115 valence electrons. The SMILES string of the molecule is FC(F)c1ccc(CO/N=[C]\c2ccccc2C(F)F)cc1. The molecule has 2 nitrogen and oxygen atoms in total. The molecule has 0 unspecified atom stereocenters. The van der Waals surface area contributed by atoms with E-state index < -0.39 is 12.9 Å². The van der Waals surface area contributed by atoms with Gasteiger partial charge in [0.25, 0.3) is 12.9 Å². The van der Waals surface area contributed by atoms with Gasteiger partial charge in [-0.3, -0.25) is 0 Å². The van der Waals surface area contributed by atoms with Crippen molar-refractivity contribution in [3.8, 4) is 0 Å². The van der Waals surface area contributed by atoms with Crippen LogP contribution in [-0.2, 0) is 11.4 Å². The highest BCUT2D eigenvalue weighted by atomic mass is 19.3. The van der Waals surface area contributed by atoms with E-state index in [1.165, 1.54) is 42.5 Å². The van der Waals surface area contributed by atoms with E-state index >= 15 is 0 Å². The Morgan fingerprint density at radius 3 is 2.23 bits per heavy atom. The molecule has 0 amide bonds. The molecule has 0 spiro atoms. The molecule has 0 saturated carbocycles. The molecule has 2 aromatic carbocycles. The predicted octanol–water partition coefficient (Wildman–Crippen LogP) is 4.99. The van der Waals surface area contributed by atoms with Crippen LogP contribution in [0.25, 0.3) is 0 Å². The molecule has 0 bridgehead atoms. The Morgan fingerprint density at radius 1 is 0.909 bits per heavy atom. The van der Waals surface area contributed by atoms with Crippen LogP contribution >= 0.6 is 0 Å². The molecule has 0 aliphatic heterocycles. The zero-order valence-electron chi connectivity index (χ0n) is 11.3. The fraction of sp³-hybridized carbons (Fsp3) is 0.188. The highest BCUT2D eigenvalue weighted by Crippen LogP contribution is 2.21. The van der Waals surface area contributed by atoms with Crippen molar-refractivity contribution in [1.29, 1.82) is 0 Å². The normalized spacial score (nSPS) is 11.5. The third-order valence-corrected chi connectivity index (χ3v) is 2.89. The van der Waals surface area contributed by atoms with Gasteiger partial charge in [-0.05, 0) is 5.56 Å². The lowest BCUT2D eigenvalue weighted by atomic mass is 10.1. The second kappa shape index (κ2) is 7.59. The van der Waals surface area contributed by atoms with E-state index in [1.807, 2.05) is 0 Å². The van der Waals surface area contributed by atoms with Crippen molar-refractivity contribution in [2.24, 2.45) is 5.16 Å². The number of alkyl halides is 4. The molecule has 0 N–H and O–H groups in total. The molecular weight excluding hydrogens is 298 g/mol. The van der Waals surface area contributed by atoms with Gasteiger partial charge in [-0.25, -0.2) is 17.6 Å². The number of hydrogen-bond acceptors (Lipinski definition) is 2. The van der Waals surface area contributed by atoms with Gasteiger partial charge in [0.15, 0.2) is 0 Å². The minimum absolute atomic E-state index is 0.0351. The van der Waals surface area contributed by atoms with Crippen LogP contribution in [0.15, 0.2) is 53.7 Å². The fourth-order valence-corrected chi connectivity index (χ4v) is 1.74. The maximum atomic E-state index is 12.7. The van der Waals surface area contributed by atoms with Crippen molar-refractivity contribution in [3.05, 3.63) is 70.8 Å². The maximum Gasteiger partial charge on any atom is 0.264 e. The third kappa shape index (κ3) is 4.31. The quantitative estimate of drug-likeness (QED) is 0.418. The summed E-state index contributed by atoms with van der Waals surface area (Å²) in [7, 11) is 0. The molecule has 0 aliphatic rings. The smallest absolute Gasteiger partial charge is 0.264 e. The van der Waals surface area contributed by atoms with Crippen molar-refractivity contribution in [2.75, 3.05) is 0 Å². The lowest BCUT2D eigenvalue weighted by Gasteiger charge is -2.04. The topological polar surface area (TPSA) is 21.6 Å². The molecular formula is C16H12F4NO. The molecule has 0 atom stereocenters. The molecule has 0 fully saturated rings. The van der Waals surface area contributed by atoms with Gasteiger partial charge in [-0.1, -0.05) is 53.7 Å². The monoisotopic (exact) mass is 310 g/mol. The number of benzene rings is 2. The maximum absolute atomic E-state index is 12.7. The summed E-state index contributed by atoms with van der Waals surface area (Å²) in [6, 6.07) is 11.4. The van der Waals surface area contributed by atoms with Crippen molar-refractivity contribution in [1.82, 2.24) is 0 Å². The zero-order valence-corrected chi connectivity index (χ0v) is 11.3. The van der Waals surface area contributed by atoms with Crippen LogP contribution in [0.2, 0.25) is 0 Å². The molecule has 1 radical (unpaired) electrons. The van der Waals surface area contributed by atoms with Crippen LogP contribution in [0.1, 0.15) is 35.1 Å². The fourth-order valence-electron chi connectivity index (χ4n) is 1.74. The molecule has 6 heteroatoms. The molecule has 0 aliphatic carbocycles. The highest BCUT2D eigenvalue weighted by Gasteiger charge is 2.11. The van der Waals surface area contributed by atoms with Crippen molar-refractivity contribution >= 4 is 6.21 Å². The van der Waals surface area contributed by atoms with E-state index in [0.29, 0.717) is 5.56 Å². The Balaban J connectivity index is 1.93. The Kier molecular flexibility index (Phi) is 5.52. The lowest BCUT2D eigenvalue weighted by Crippen LogP contribution is -1.94. The molecule has 2 rings (SSSR count). The zero-order chi connectivity index (χ0) is 15.9. The summed E-state index contributed by atoms with van der Waals surface area (Å²) in [5, 5.41) is 3.51. The van der Waals surface area contributed by atoms with Crippen LogP contribution in [0.4, 0.5) is 17.6 Å². The molecule has 22 heavy (non-hydrogen) atoms.